The van der Waals surface area contributed by atoms with E-state index in [1.165, 1.54) is 24.5 Å². The number of halogens is 2. The molecule has 0 aliphatic heterocycles. The second-order valence-corrected chi connectivity index (χ2v) is 8.46. The van der Waals surface area contributed by atoms with Crippen LogP contribution in [0.4, 0.5) is 4.39 Å². The van der Waals surface area contributed by atoms with Crippen LogP contribution in [0.5, 0.6) is 5.75 Å². The average Bonchev–Trinajstić information content (AvgIpc) is 3.55. The molecular weight excluding hydrogens is 544 g/mol. The lowest BCUT2D eigenvalue weighted by Gasteiger charge is -2.19. The molecule has 6 nitrogen and oxygen atoms in total. The number of nitrogens with zero attached hydrogens (tertiary/aromatic N) is 3. The predicted octanol–water partition coefficient (Wildman–Crippen LogP) is 5.29. The Morgan fingerprint density at radius 1 is 1.24 bits per heavy atom. The molecule has 0 radical (unpaired) electrons. The summed E-state index contributed by atoms with van der Waals surface area (Å²) in [7, 11) is 0. The van der Waals surface area contributed by atoms with Crippen molar-refractivity contribution in [2.24, 2.45) is 10.9 Å². The van der Waals surface area contributed by atoms with Gasteiger partial charge in [-0.05, 0) is 55.9 Å². The fourth-order valence-corrected chi connectivity index (χ4v) is 3.57. The molecule has 8 heteroatoms. The van der Waals surface area contributed by atoms with Crippen LogP contribution in [0.2, 0.25) is 0 Å². The average molecular weight is 577 g/mol. The summed E-state index contributed by atoms with van der Waals surface area (Å²) in [6, 6.07) is 15.3. The molecule has 1 aromatic heterocycles. The number of guanidine groups is 1. The first kappa shape index (κ1) is 26.0. The Kier molecular flexibility index (Phi) is 9.74. The van der Waals surface area contributed by atoms with E-state index in [0.29, 0.717) is 30.8 Å². The van der Waals surface area contributed by atoms with E-state index in [1.807, 2.05) is 44.3 Å². The van der Waals surface area contributed by atoms with Crippen LogP contribution < -0.4 is 15.4 Å². The van der Waals surface area contributed by atoms with Crippen molar-refractivity contribution in [3.05, 3.63) is 83.7 Å². The van der Waals surface area contributed by atoms with Gasteiger partial charge in [0, 0.05) is 25.5 Å². The van der Waals surface area contributed by atoms with Crippen molar-refractivity contribution >= 4 is 29.9 Å². The van der Waals surface area contributed by atoms with Crippen molar-refractivity contribution in [2.45, 2.75) is 45.8 Å². The van der Waals surface area contributed by atoms with E-state index >= 15 is 0 Å². The zero-order chi connectivity index (χ0) is 23.0. The minimum atomic E-state index is -0.327. The van der Waals surface area contributed by atoms with Gasteiger partial charge in [0.2, 0.25) is 0 Å². The van der Waals surface area contributed by atoms with Crippen LogP contribution in [-0.4, -0.2) is 28.7 Å². The molecule has 182 valence electrons. The van der Waals surface area contributed by atoms with Crippen molar-refractivity contribution in [3.63, 3.8) is 0 Å². The van der Waals surface area contributed by atoms with Crippen molar-refractivity contribution in [3.8, 4) is 5.75 Å². The fourth-order valence-electron chi connectivity index (χ4n) is 3.57. The van der Waals surface area contributed by atoms with Gasteiger partial charge in [0.25, 0.3) is 0 Å². The van der Waals surface area contributed by atoms with Gasteiger partial charge in [-0.2, -0.15) is 0 Å². The molecule has 2 N–H and O–H groups in total. The highest BCUT2D eigenvalue weighted by atomic mass is 127. The van der Waals surface area contributed by atoms with E-state index in [-0.39, 0.29) is 35.8 Å². The largest absolute Gasteiger partial charge is 0.490 e. The lowest BCUT2D eigenvalue weighted by molar-refractivity contribution is 0.285. The van der Waals surface area contributed by atoms with Crippen LogP contribution in [0.3, 0.4) is 0 Å². The first-order chi connectivity index (χ1) is 16.1. The number of hydrogen-bond acceptors (Lipinski definition) is 3. The normalized spacial score (nSPS) is 14.3. The van der Waals surface area contributed by atoms with Gasteiger partial charge in [-0.15, -0.1) is 24.0 Å². The zero-order valence-corrected chi connectivity index (χ0v) is 22.0. The molecule has 34 heavy (non-hydrogen) atoms. The van der Waals surface area contributed by atoms with E-state index < -0.39 is 0 Å². The van der Waals surface area contributed by atoms with Crippen LogP contribution >= 0.6 is 24.0 Å². The number of aliphatic imine (C=N–C) groups is 1. The maximum Gasteiger partial charge on any atom is 0.192 e. The molecule has 2 aromatic carbocycles. The van der Waals surface area contributed by atoms with Crippen molar-refractivity contribution in [1.29, 1.82) is 0 Å². The minimum absolute atomic E-state index is 0. The smallest absolute Gasteiger partial charge is 0.192 e. The summed E-state index contributed by atoms with van der Waals surface area (Å²) in [4.78, 5) is 9.19. The van der Waals surface area contributed by atoms with Gasteiger partial charge in [-0.3, -0.25) is 0 Å². The summed E-state index contributed by atoms with van der Waals surface area (Å²) in [5.74, 6) is 2.13. The first-order valence-corrected chi connectivity index (χ1v) is 11.6. The number of benzene rings is 2. The minimum Gasteiger partial charge on any atom is -0.490 e. The van der Waals surface area contributed by atoms with E-state index in [0.717, 1.165) is 24.5 Å². The Balaban J connectivity index is 0.00000324. The lowest BCUT2D eigenvalue weighted by atomic mass is 10.1. The molecule has 0 bridgehead atoms. The third-order valence-electron chi connectivity index (χ3n) is 5.70. The zero-order valence-electron chi connectivity index (χ0n) is 19.7. The molecule has 0 spiro atoms. The van der Waals surface area contributed by atoms with Gasteiger partial charge in [-0.25, -0.2) is 14.4 Å². The Morgan fingerprint density at radius 2 is 2.03 bits per heavy atom. The molecule has 1 fully saturated rings. The topological polar surface area (TPSA) is 63.5 Å². The number of ether oxygens (including phenoxy) is 1. The molecule has 0 amide bonds. The van der Waals surface area contributed by atoms with E-state index in [2.05, 4.69) is 32.3 Å². The SMILES string of the molecule is CCNC(=NCc1nccn1Cc1ccccc1)NC(C)c1ccc(OCC2CC2)c(F)c1.I. The third kappa shape index (κ3) is 7.44. The first-order valence-electron chi connectivity index (χ1n) is 11.6. The van der Waals surface area contributed by atoms with Gasteiger partial charge < -0.3 is 19.9 Å². The molecule has 0 saturated heterocycles. The standard InChI is InChI=1S/C26H32FN5O.HI/c1-3-28-26(30-16-25-29-13-14-32(25)17-20-7-5-4-6-8-20)31-19(2)22-11-12-24(23(27)15-22)33-18-21-9-10-21;/h4-8,11-15,19,21H,3,9-10,16-18H2,1-2H3,(H2,28,30,31);1H. The summed E-state index contributed by atoms with van der Waals surface area (Å²) in [6.45, 7) is 6.51. The van der Waals surface area contributed by atoms with Gasteiger partial charge in [0.05, 0.1) is 12.6 Å². The molecule has 1 aliphatic rings. The van der Waals surface area contributed by atoms with Crippen LogP contribution in [0.15, 0.2) is 65.9 Å². The summed E-state index contributed by atoms with van der Waals surface area (Å²) in [6.07, 6.45) is 6.13. The molecular formula is C26H33FIN5O. The molecule has 1 unspecified atom stereocenters. The van der Waals surface area contributed by atoms with Gasteiger partial charge in [-0.1, -0.05) is 36.4 Å². The molecule has 3 aromatic rings. The highest BCUT2D eigenvalue weighted by molar-refractivity contribution is 14.0. The summed E-state index contributed by atoms with van der Waals surface area (Å²) in [5, 5.41) is 6.63. The summed E-state index contributed by atoms with van der Waals surface area (Å²) in [5.41, 5.74) is 2.05. The van der Waals surface area contributed by atoms with Crippen LogP contribution in [-0.2, 0) is 13.1 Å². The highest BCUT2D eigenvalue weighted by Gasteiger charge is 2.22. The van der Waals surface area contributed by atoms with Crippen molar-refractivity contribution in [1.82, 2.24) is 20.2 Å². The summed E-state index contributed by atoms with van der Waals surface area (Å²) < 4.78 is 22.2. The molecule has 1 atom stereocenters. The fraction of sp³-hybridized carbons (Fsp3) is 0.385. The lowest BCUT2D eigenvalue weighted by Crippen LogP contribution is -2.38. The highest BCUT2D eigenvalue weighted by Crippen LogP contribution is 2.30. The van der Waals surface area contributed by atoms with Crippen molar-refractivity contribution < 1.29 is 9.13 Å². The summed E-state index contributed by atoms with van der Waals surface area (Å²) >= 11 is 0. The monoisotopic (exact) mass is 577 g/mol. The van der Waals surface area contributed by atoms with Crippen LogP contribution in [0, 0.1) is 11.7 Å². The van der Waals surface area contributed by atoms with Crippen LogP contribution in [0.1, 0.15) is 49.7 Å². The number of hydrogen-bond donors (Lipinski definition) is 2. The quantitative estimate of drug-likeness (QED) is 0.195. The Bertz CT molecular complexity index is 1070. The maximum atomic E-state index is 14.5. The van der Waals surface area contributed by atoms with E-state index in [1.54, 1.807) is 12.3 Å². The Morgan fingerprint density at radius 3 is 2.74 bits per heavy atom. The van der Waals surface area contributed by atoms with Gasteiger partial charge in [0.15, 0.2) is 17.5 Å². The van der Waals surface area contributed by atoms with Gasteiger partial charge in [0.1, 0.15) is 12.4 Å². The second-order valence-electron chi connectivity index (χ2n) is 8.46. The van der Waals surface area contributed by atoms with Crippen molar-refractivity contribution in [2.75, 3.05) is 13.2 Å². The molecule has 1 aliphatic carbocycles. The van der Waals surface area contributed by atoms with E-state index in [9.17, 15) is 4.39 Å². The number of imidazole rings is 1. The number of rotatable bonds is 10. The number of nitrogens with one attached hydrogen (secondary N) is 2. The predicted molar refractivity (Wildman–Crippen MR) is 144 cm³/mol. The van der Waals surface area contributed by atoms with Gasteiger partial charge >= 0.3 is 0 Å². The molecule has 1 heterocycles. The Hall–Kier alpha value is -2.62. The molecule has 1 saturated carbocycles. The third-order valence-corrected chi connectivity index (χ3v) is 5.70. The second kappa shape index (κ2) is 12.7. The maximum absolute atomic E-state index is 14.5. The van der Waals surface area contributed by atoms with E-state index in [4.69, 9.17) is 9.73 Å². The Labute approximate surface area is 218 Å². The number of aromatic nitrogens is 2. The van der Waals surface area contributed by atoms with Crippen LogP contribution in [0.25, 0.3) is 0 Å². The molecule has 4 rings (SSSR count).